The Morgan fingerprint density at radius 1 is 1.14 bits per heavy atom. The Morgan fingerprint density at radius 2 is 1.83 bits per heavy atom. The Balaban J connectivity index is 1.53. The number of ether oxygens (including phenoxy) is 3. The smallest absolute Gasteiger partial charge is 0.291 e. The third kappa shape index (κ3) is 5.02. The van der Waals surface area contributed by atoms with Gasteiger partial charge in [0.15, 0.2) is 11.4 Å². The number of hydrogen-bond acceptors (Lipinski definition) is 8. The minimum Gasteiger partial charge on any atom is -0.479 e. The van der Waals surface area contributed by atoms with Gasteiger partial charge in [0.05, 0.1) is 25.9 Å². The first-order valence-corrected chi connectivity index (χ1v) is 12.1. The number of furan rings is 1. The van der Waals surface area contributed by atoms with E-state index in [0.29, 0.717) is 24.7 Å². The van der Waals surface area contributed by atoms with E-state index in [1.165, 1.54) is 25.3 Å². The first-order chi connectivity index (χ1) is 17.2. The molecular weight excluding hydrogens is 460 g/mol. The van der Waals surface area contributed by atoms with Gasteiger partial charge in [0.2, 0.25) is 17.7 Å². The first-order valence-electron chi connectivity index (χ1n) is 12.1. The molecule has 1 atom stereocenters. The number of carbonyl (C=O) groups excluding carboxylic acids is 1. The number of nitrogens with zero attached hydrogens (tertiary/aromatic N) is 2. The average Bonchev–Trinajstić information content (AvgIpc) is 3.40. The second-order valence-corrected chi connectivity index (χ2v) is 9.40. The van der Waals surface area contributed by atoms with Crippen molar-refractivity contribution in [3.8, 4) is 11.8 Å². The van der Waals surface area contributed by atoms with Gasteiger partial charge in [-0.2, -0.15) is 9.97 Å². The topological polar surface area (TPSA) is 108 Å². The summed E-state index contributed by atoms with van der Waals surface area (Å²) in [4.78, 5) is 21.6. The normalized spacial score (nSPS) is 15.9. The lowest BCUT2D eigenvalue weighted by molar-refractivity contribution is -0.0435. The van der Waals surface area contributed by atoms with Crippen LogP contribution in [0.3, 0.4) is 0 Å². The lowest BCUT2D eigenvalue weighted by Gasteiger charge is -2.20. The lowest BCUT2D eigenvalue weighted by atomic mass is 9.89. The van der Waals surface area contributed by atoms with Crippen LogP contribution in [0.25, 0.3) is 0 Å². The second-order valence-electron chi connectivity index (χ2n) is 9.40. The fourth-order valence-electron chi connectivity index (χ4n) is 4.49. The molecule has 0 aliphatic carbocycles. The number of hydrogen-bond donors (Lipinski definition) is 2. The summed E-state index contributed by atoms with van der Waals surface area (Å²) in [6.45, 7) is 11.1. The van der Waals surface area contributed by atoms with Crippen molar-refractivity contribution in [2.24, 2.45) is 0 Å². The van der Waals surface area contributed by atoms with Crippen molar-refractivity contribution in [2.45, 2.75) is 59.2 Å². The summed E-state index contributed by atoms with van der Waals surface area (Å²) in [5.41, 5.74) is 4.64. The van der Waals surface area contributed by atoms with E-state index in [4.69, 9.17) is 18.6 Å². The highest BCUT2D eigenvalue weighted by Gasteiger charge is 2.36. The third-order valence-corrected chi connectivity index (χ3v) is 6.32. The maximum absolute atomic E-state index is 13.0. The fraction of sp³-hybridized carbons (Fsp3) is 0.444. The van der Waals surface area contributed by atoms with Crippen molar-refractivity contribution in [1.29, 1.82) is 0 Å². The number of methoxy groups -OCH3 is 2. The van der Waals surface area contributed by atoms with Crippen molar-refractivity contribution < 1.29 is 23.4 Å². The molecule has 0 saturated carbocycles. The Labute approximate surface area is 211 Å². The quantitative estimate of drug-likeness (QED) is 0.408. The largest absolute Gasteiger partial charge is 0.479 e. The zero-order valence-electron chi connectivity index (χ0n) is 21.9. The molecule has 1 aliphatic heterocycles. The van der Waals surface area contributed by atoms with Crippen LogP contribution in [0, 0.1) is 6.92 Å². The van der Waals surface area contributed by atoms with Crippen LogP contribution in [-0.4, -0.2) is 36.6 Å². The van der Waals surface area contributed by atoms with Crippen LogP contribution in [0.2, 0.25) is 0 Å². The zero-order chi connectivity index (χ0) is 26.0. The van der Waals surface area contributed by atoms with Gasteiger partial charge >= 0.3 is 0 Å². The van der Waals surface area contributed by atoms with Crippen LogP contribution in [0.4, 0.5) is 11.6 Å². The average molecular weight is 495 g/mol. The van der Waals surface area contributed by atoms with E-state index in [1.54, 1.807) is 6.07 Å². The summed E-state index contributed by atoms with van der Waals surface area (Å²) in [6.07, 6.45) is 1.50. The van der Waals surface area contributed by atoms with E-state index in [2.05, 4.69) is 60.4 Å². The summed E-state index contributed by atoms with van der Waals surface area (Å²) in [7, 11) is 2.94. The lowest BCUT2D eigenvalue weighted by Crippen LogP contribution is -2.15. The molecule has 2 N–H and O–H groups in total. The van der Waals surface area contributed by atoms with Crippen molar-refractivity contribution in [3.63, 3.8) is 0 Å². The predicted octanol–water partition coefficient (Wildman–Crippen LogP) is 5.39. The van der Waals surface area contributed by atoms with Gasteiger partial charge in [0.1, 0.15) is 5.76 Å². The molecule has 2 aromatic heterocycles. The number of anilines is 2. The van der Waals surface area contributed by atoms with Crippen LogP contribution in [0.15, 0.2) is 28.7 Å². The summed E-state index contributed by atoms with van der Waals surface area (Å²) in [6, 6.07) is 7.85. The fourth-order valence-corrected chi connectivity index (χ4v) is 4.49. The Morgan fingerprint density at radius 3 is 2.47 bits per heavy atom. The van der Waals surface area contributed by atoms with Crippen molar-refractivity contribution in [3.05, 3.63) is 58.0 Å². The number of amides is 1. The highest BCUT2D eigenvalue weighted by molar-refractivity contribution is 6.03. The van der Waals surface area contributed by atoms with Gasteiger partial charge in [0.25, 0.3) is 5.91 Å². The molecule has 0 saturated heterocycles. The van der Waals surface area contributed by atoms with Crippen molar-refractivity contribution in [2.75, 3.05) is 31.4 Å². The number of aromatic nitrogens is 2. The molecule has 1 unspecified atom stereocenters. The molecule has 3 heterocycles. The molecule has 9 heteroatoms. The minimum absolute atomic E-state index is 0.0306. The highest BCUT2D eigenvalue weighted by atomic mass is 16.5. The van der Waals surface area contributed by atoms with Crippen LogP contribution in [0.1, 0.15) is 78.8 Å². The van der Waals surface area contributed by atoms with Crippen LogP contribution >= 0.6 is 0 Å². The number of carbonyl (C=O) groups is 1. The molecule has 0 fully saturated rings. The maximum Gasteiger partial charge on any atom is 0.291 e. The zero-order valence-corrected chi connectivity index (χ0v) is 21.9. The number of fused-ring (bicyclic) bond motifs is 1. The molecule has 192 valence electrons. The number of rotatable bonds is 9. The third-order valence-electron chi connectivity index (χ3n) is 6.32. The molecule has 0 radical (unpaired) electrons. The summed E-state index contributed by atoms with van der Waals surface area (Å²) < 4.78 is 22.8. The van der Waals surface area contributed by atoms with Gasteiger partial charge in [-0.25, -0.2) is 0 Å². The molecule has 4 rings (SSSR count). The molecule has 1 aromatic carbocycles. The molecule has 3 aromatic rings. The molecule has 0 spiro atoms. The number of aryl methyl sites for hydroxylation is 1. The second kappa shape index (κ2) is 10.2. The van der Waals surface area contributed by atoms with Crippen LogP contribution in [0.5, 0.6) is 11.8 Å². The number of benzene rings is 1. The highest BCUT2D eigenvalue weighted by Crippen LogP contribution is 2.44. The van der Waals surface area contributed by atoms with Gasteiger partial charge in [0, 0.05) is 13.0 Å². The first kappa shape index (κ1) is 25.5. The Kier molecular flexibility index (Phi) is 7.21. The summed E-state index contributed by atoms with van der Waals surface area (Å²) in [5, 5.41) is 5.85. The van der Waals surface area contributed by atoms with E-state index in [0.717, 1.165) is 17.5 Å². The Bertz CT molecular complexity index is 1240. The van der Waals surface area contributed by atoms with Crippen molar-refractivity contribution >= 4 is 17.5 Å². The molecule has 1 amide bonds. The Hall–Kier alpha value is -3.59. The van der Waals surface area contributed by atoms with Crippen molar-refractivity contribution in [1.82, 2.24) is 9.97 Å². The van der Waals surface area contributed by atoms with Crippen LogP contribution < -0.4 is 20.1 Å². The van der Waals surface area contributed by atoms with E-state index in [9.17, 15) is 4.79 Å². The van der Waals surface area contributed by atoms with E-state index < -0.39 is 5.91 Å². The minimum atomic E-state index is -0.454. The van der Waals surface area contributed by atoms with Gasteiger partial charge in [-0.05, 0) is 68.5 Å². The number of nitrogens with one attached hydrogen (secondary N) is 2. The summed E-state index contributed by atoms with van der Waals surface area (Å²) in [5.74, 6) is 1.13. The van der Waals surface area contributed by atoms with E-state index in [1.807, 2.05) is 13.0 Å². The monoisotopic (exact) mass is 494 g/mol. The standard InChI is InChI=1S/C27H34N4O5/c1-8-11-28-26-30-24(33-6)22(25(31-26)34-7)29-23(32)21-10-9-18(35-21)13-17-14-19-16(3)36-27(4,5)20(19)12-15(17)2/h9-10,12,14,16H,8,11,13H2,1-7H3,(H,29,32)(H,28,30,31). The maximum atomic E-state index is 13.0. The molecule has 36 heavy (non-hydrogen) atoms. The van der Waals surface area contributed by atoms with E-state index in [-0.39, 0.29) is 34.9 Å². The van der Waals surface area contributed by atoms with Gasteiger partial charge in [-0.3, -0.25) is 4.79 Å². The molecular formula is C27H34N4O5. The van der Waals surface area contributed by atoms with Crippen LogP contribution in [-0.2, 0) is 16.8 Å². The molecule has 0 bridgehead atoms. The molecule has 1 aliphatic rings. The van der Waals surface area contributed by atoms with E-state index >= 15 is 0 Å². The van der Waals surface area contributed by atoms with Gasteiger partial charge < -0.3 is 29.3 Å². The van der Waals surface area contributed by atoms with Gasteiger partial charge in [-0.1, -0.05) is 19.1 Å². The SMILES string of the molecule is CCCNc1nc(OC)c(NC(=O)c2ccc(Cc3cc4c(cc3C)C(C)(C)OC4C)o2)c(OC)n1. The van der Waals surface area contributed by atoms with Gasteiger partial charge in [-0.15, -0.1) is 0 Å². The predicted molar refractivity (Wildman–Crippen MR) is 137 cm³/mol. The summed E-state index contributed by atoms with van der Waals surface area (Å²) >= 11 is 0. The molecule has 9 nitrogen and oxygen atoms in total.